The van der Waals surface area contributed by atoms with E-state index in [-0.39, 0.29) is 5.41 Å². The standard InChI is InChI=1S/C16H27NO/c1-7-15(17-12(2)16(3,4)5)13-8-10-14(18-6)11-9-13/h8-12,15,17H,7H2,1-6H3. The molecule has 0 radical (unpaired) electrons. The van der Waals surface area contributed by atoms with Crippen LogP contribution in [0.15, 0.2) is 24.3 Å². The van der Waals surface area contributed by atoms with Gasteiger partial charge in [0.15, 0.2) is 0 Å². The van der Waals surface area contributed by atoms with Crippen LogP contribution in [0.5, 0.6) is 5.75 Å². The summed E-state index contributed by atoms with van der Waals surface area (Å²) in [4.78, 5) is 0. The Morgan fingerprint density at radius 1 is 1.17 bits per heavy atom. The van der Waals surface area contributed by atoms with Gasteiger partial charge in [-0.25, -0.2) is 0 Å². The highest BCUT2D eigenvalue weighted by Crippen LogP contribution is 2.25. The van der Waals surface area contributed by atoms with E-state index in [1.54, 1.807) is 7.11 Å². The monoisotopic (exact) mass is 249 g/mol. The van der Waals surface area contributed by atoms with Crippen molar-refractivity contribution in [3.63, 3.8) is 0 Å². The molecule has 0 aliphatic rings. The maximum atomic E-state index is 5.20. The summed E-state index contributed by atoms with van der Waals surface area (Å²) in [5, 5.41) is 3.72. The number of benzene rings is 1. The van der Waals surface area contributed by atoms with Gasteiger partial charge < -0.3 is 10.1 Å². The first-order chi connectivity index (χ1) is 8.38. The van der Waals surface area contributed by atoms with Crippen LogP contribution < -0.4 is 10.1 Å². The van der Waals surface area contributed by atoms with Crippen LogP contribution in [0.25, 0.3) is 0 Å². The smallest absolute Gasteiger partial charge is 0.118 e. The summed E-state index contributed by atoms with van der Waals surface area (Å²) >= 11 is 0. The van der Waals surface area contributed by atoms with Crippen molar-refractivity contribution in [2.45, 2.75) is 53.1 Å². The molecule has 1 rings (SSSR count). The van der Waals surface area contributed by atoms with Gasteiger partial charge in [0.25, 0.3) is 0 Å². The molecule has 2 unspecified atom stereocenters. The molecule has 2 heteroatoms. The Kier molecular flexibility index (Phi) is 5.21. The number of methoxy groups -OCH3 is 1. The summed E-state index contributed by atoms with van der Waals surface area (Å²) in [6.07, 6.45) is 1.09. The number of rotatable bonds is 5. The van der Waals surface area contributed by atoms with Crippen molar-refractivity contribution in [3.8, 4) is 5.75 Å². The molecule has 1 aromatic rings. The van der Waals surface area contributed by atoms with Crippen molar-refractivity contribution in [1.82, 2.24) is 5.32 Å². The van der Waals surface area contributed by atoms with Crippen LogP contribution in [-0.2, 0) is 0 Å². The Morgan fingerprint density at radius 2 is 1.72 bits per heavy atom. The van der Waals surface area contributed by atoms with E-state index in [0.717, 1.165) is 12.2 Å². The molecule has 18 heavy (non-hydrogen) atoms. The first-order valence-corrected chi connectivity index (χ1v) is 6.78. The van der Waals surface area contributed by atoms with Gasteiger partial charge in [-0.3, -0.25) is 0 Å². The van der Waals surface area contributed by atoms with Gasteiger partial charge in [-0.2, -0.15) is 0 Å². The molecular weight excluding hydrogens is 222 g/mol. The van der Waals surface area contributed by atoms with Crippen LogP contribution in [0.3, 0.4) is 0 Å². The van der Waals surface area contributed by atoms with Gasteiger partial charge in [0.2, 0.25) is 0 Å². The molecular formula is C16H27NO. The van der Waals surface area contributed by atoms with Crippen molar-refractivity contribution >= 4 is 0 Å². The van der Waals surface area contributed by atoms with Gasteiger partial charge in [0.1, 0.15) is 5.75 Å². The van der Waals surface area contributed by atoms with Gasteiger partial charge in [-0.1, -0.05) is 39.8 Å². The Morgan fingerprint density at radius 3 is 2.11 bits per heavy atom. The lowest BCUT2D eigenvalue weighted by Crippen LogP contribution is -2.39. The van der Waals surface area contributed by atoms with Crippen LogP contribution in [0.1, 0.15) is 52.6 Å². The predicted octanol–water partition coefficient (Wildman–Crippen LogP) is 4.17. The lowest BCUT2D eigenvalue weighted by Gasteiger charge is -2.32. The highest BCUT2D eigenvalue weighted by molar-refractivity contribution is 5.29. The second-order valence-electron chi connectivity index (χ2n) is 5.99. The number of ether oxygens (including phenoxy) is 1. The Bertz CT molecular complexity index is 350. The molecule has 1 N–H and O–H groups in total. The van der Waals surface area contributed by atoms with Gasteiger partial charge in [-0.05, 0) is 36.5 Å². The van der Waals surface area contributed by atoms with Crippen molar-refractivity contribution in [1.29, 1.82) is 0 Å². The highest BCUT2D eigenvalue weighted by atomic mass is 16.5. The fourth-order valence-electron chi connectivity index (χ4n) is 1.84. The number of nitrogens with one attached hydrogen (secondary N) is 1. The van der Waals surface area contributed by atoms with Crippen molar-refractivity contribution in [2.75, 3.05) is 7.11 Å². The van der Waals surface area contributed by atoms with E-state index in [1.807, 2.05) is 12.1 Å². The zero-order chi connectivity index (χ0) is 13.8. The minimum absolute atomic E-state index is 0.278. The van der Waals surface area contributed by atoms with Crippen LogP contribution in [0.4, 0.5) is 0 Å². The highest BCUT2D eigenvalue weighted by Gasteiger charge is 2.22. The summed E-state index contributed by atoms with van der Waals surface area (Å²) in [5.41, 5.74) is 1.61. The fraction of sp³-hybridized carbons (Fsp3) is 0.625. The molecule has 0 aromatic heterocycles. The van der Waals surface area contributed by atoms with E-state index in [1.165, 1.54) is 5.56 Å². The first kappa shape index (κ1) is 15.0. The van der Waals surface area contributed by atoms with Gasteiger partial charge in [0.05, 0.1) is 7.11 Å². The quantitative estimate of drug-likeness (QED) is 0.845. The Hall–Kier alpha value is -1.02. The van der Waals surface area contributed by atoms with E-state index >= 15 is 0 Å². The summed E-state index contributed by atoms with van der Waals surface area (Å²) in [7, 11) is 1.70. The number of hydrogen-bond donors (Lipinski definition) is 1. The third kappa shape index (κ3) is 4.02. The fourth-order valence-corrected chi connectivity index (χ4v) is 1.84. The average Bonchev–Trinajstić information content (AvgIpc) is 2.34. The first-order valence-electron chi connectivity index (χ1n) is 6.78. The van der Waals surface area contributed by atoms with Gasteiger partial charge >= 0.3 is 0 Å². The molecule has 0 fully saturated rings. The van der Waals surface area contributed by atoms with Crippen molar-refractivity contribution < 1.29 is 4.74 Å². The molecule has 0 saturated carbocycles. The summed E-state index contributed by atoms with van der Waals surface area (Å²) in [5.74, 6) is 0.914. The molecule has 0 heterocycles. The summed E-state index contributed by atoms with van der Waals surface area (Å²) < 4.78 is 5.20. The lowest BCUT2D eigenvalue weighted by molar-refractivity contribution is 0.260. The number of hydrogen-bond acceptors (Lipinski definition) is 2. The predicted molar refractivity (Wildman–Crippen MR) is 78.1 cm³/mol. The molecule has 102 valence electrons. The van der Waals surface area contributed by atoms with Gasteiger partial charge in [0, 0.05) is 12.1 Å². The van der Waals surface area contributed by atoms with E-state index in [9.17, 15) is 0 Å². The van der Waals surface area contributed by atoms with E-state index in [2.05, 4.69) is 52.1 Å². The van der Waals surface area contributed by atoms with Crippen LogP contribution >= 0.6 is 0 Å². The SMILES string of the molecule is CCC(NC(C)C(C)(C)C)c1ccc(OC)cc1. The molecule has 0 aliphatic heterocycles. The van der Waals surface area contributed by atoms with E-state index in [4.69, 9.17) is 4.74 Å². The maximum absolute atomic E-state index is 5.20. The molecule has 0 amide bonds. The topological polar surface area (TPSA) is 21.3 Å². The maximum Gasteiger partial charge on any atom is 0.118 e. The Labute approximate surface area is 112 Å². The lowest BCUT2D eigenvalue weighted by atomic mass is 9.87. The largest absolute Gasteiger partial charge is 0.497 e. The molecule has 0 bridgehead atoms. The van der Waals surface area contributed by atoms with E-state index in [0.29, 0.717) is 12.1 Å². The Balaban J connectivity index is 2.76. The molecule has 0 spiro atoms. The molecule has 2 nitrogen and oxygen atoms in total. The molecule has 0 saturated heterocycles. The van der Waals surface area contributed by atoms with Crippen LogP contribution in [0.2, 0.25) is 0 Å². The molecule has 0 aliphatic carbocycles. The minimum atomic E-state index is 0.278. The minimum Gasteiger partial charge on any atom is -0.497 e. The van der Waals surface area contributed by atoms with Crippen molar-refractivity contribution in [3.05, 3.63) is 29.8 Å². The van der Waals surface area contributed by atoms with Crippen LogP contribution in [-0.4, -0.2) is 13.2 Å². The molecule has 2 atom stereocenters. The summed E-state index contributed by atoms with van der Waals surface area (Å²) in [6.45, 7) is 11.3. The zero-order valence-electron chi connectivity index (χ0n) is 12.6. The third-order valence-electron chi connectivity index (χ3n) is 3.68. The van der Waals surface area contributed by atoms with E-state index < -0.39 is 0 Å². The van der Waals surface area contributed by atoms with Crippen LogP contribution in [0, 0.1) is 5.41 Å². The average molecular weight is 249 g/mol. The second kappa shape index (κ2) is 6.24. The van der Waals surface area contributed by atoms with Gasteiger partial charge in [-0.15, -0.1) is 0 Å². The zero-order valence-corrected chi connectivity index (χ0v) is 12.6. The van der Waals surface area contributed by atoms with Crippen molar-refractivity contribution in [2.24, 2.45) is 5.41 Å². The molecule has 1 aromatic carbocycles. The second-order valence-corrected chi connectivity index (χ2v) is 5.99. The normalized spacial score (nSPS) is 15.2. The summed E-state index contributed by atoms with van der Waals surface area (Å²) in [6, 6.07) is 9.24. The third-order valence-corrected chi connectivity index (χ3v) is 3.68.